The van der Waals surface area contributed by atoms with Crippen LogP contribution in [0.5, 0.6) is 11.5 Å². The van der Waals surface area contributed by atoms with Gasteiger partial charge in [-0.2, -0.15) is 5.10 Å². The zero-order chi connectivity index (χ0) is 18.6. The monoisotopic (exact) mass is 394 g/mol. The maximum atomic E-state index is 13.2. The van der Waals surface area contributed by atoms with Crippen molar-refractivity contribution in [2.45, 2.75) is 31.3 Å². The number of nitrogens with one attached hydrogen (secondary N) is 2. The van der Waals surface area contributed by atoms with Crippen molar-refractivity contribution in [1.82, 2.24) is 20.4 Å². The number of carbonyl (C=O) groups excluding carboxylic acids is 1. The van der Waals surface area contributed by atoms with Gasteiger partial charge < -0.3 is 20.1 Å². The summed E-state index contributed by atoms with van der Waals surface area (Å²) in [6.45, 7) is 3.55. The molecule has 0 aliphatic carbocycles. The van der Waals surface area contributed by atoms with Crippen molar-refractivity contribution in [3.05, 3.63) is 42.2 Å². The van der Waals surface area contributed by atoms with E-state index in [2.05, 4.69) is 15.7 Å². The minimum Gasteiger partial charge on any atom is -0.493 e. The number of benzene rings is 1. The molecule has 2 aromatic rings. The van der Waals surface area contributed by atoms with Crippen LogP contribution in [0.25, 0.3) is 0 Å². The zero-order valence-electron chi connectivity index (χ0n) is 15.9. The van der Waals surface area contributed by atoms with E-state index in [0.717, 1.165) is 18.7 Å². The van der Waals surface area contributed by atoms with Crippen LogP contribution in [-0.2, 0) is 10.3 Å². The van der Waals surface area contributed by atoms with Gasteiger partial charge in [-0.15, -0.1) is 12.4 Å². The third-order valence-electron chi connectivity index (χ3n) is 5.05. The number of ether oxygens (including phenoxy) is 2. The number of rotatable bonds is 6. The molecule has 1 amide bonds. The van der Waals surface area contributed by atoms with Crippen LogP contribution in [0, 0.1) is 0 Å². The van der Waals surface area contributed by atoms with Crippen molar-refractivity contribution in [2.75, 3.05) is 27.3 Å². The molecule has 0 spiro atoms. The van der Waals surface area contributed by atoms with Gasteiger partial charge in [-0.3, -0.25) is 9.48 Å². The number of piperidine rings is 1. The maximum absolute atomic E-state index is 13.2. The van der Waals surface area contributed by atoms with Crippen LogP contribution in [0.2, 0.25) is 0 Å². The predicted molar refractivity (Wildman–Crippen MR) is 106 cm³/mol. The fraction of sp³-hybridized carbons (Fsp3) is 0.474. The molecular weight excluding hydrogens is 368 g/mol. The first-order valence-corrected chi connectivity index (χ1v) is 8.84. The molecule has 1 aromatic carbocycles. The molecule has 1 aliphatic rings. The molecule has 1 saturated heterocycles. The smallest absolute Gasteiger partial charge is 0.248 e. The van der Waals surface area contributed by atoms with Crippen molar-refractivity contribution in [3.63, 3.8) is 0 Å². The fourth-order valence-electron chi connectivity index (χ4n) is 3.46. The lowest BCUT2D eigenvalue weighted by atomic mass is 9.87. The summed E-state index contributed by atoms with van der Waals surface area (Å²) in [5.41, 5.74) is 0.306. The third-order valence-corrected chi connectivity index (χ3v) is 5.05. The molecule has 3 rings (SSSR count). The van der Waals surface area contributed by atoms with Gasteiger partial charge in [-0.05, 0) is 56.6 Å². The summed E-state index contributed by atoms with van der Waals surface area (Å²) >= 11 is 0. The van der Waals surface area contributed by atoms with E-state index in [0.29, 0.717) is 24.3 Å². The first-order valence-electron chi connectivity index (χ1n) is 8.84. The van der Waals surface area contributed by atoms with Crippen LogP contribution in [0.1, 0.15) is 31.4 Å². The summed E-state index contributed by atoms with van der Waals surface area (Å²) in [7, 11) is 3.21. The van der Waals surface area contributed by atoms with Crippen LogP contribution >= 0.6 is 12.4 Å². The van der Waals surface area contributed by atoms with Crippen molar-refractivity contribution in [3.8, 4) is 11.5 Å². The van der Waals surface area contributed by atoms with Crippen LogP contribution in [0.3, 0.4) is 0 Å². The molecule has 8 heteroatoms. The van der Waals surface area contributed by atoms with E-state index in [-0.39, 0.29) is 24.4 Å². The summed E-state index contributed by atoms with van der Waals surface area (Å²) in [5.74, 6) is 1.31. The lowest BCUT2D eigenvalue weighted by Gasteiger charge is -2.37. The van der Waals surface area contributed by atoms with Crippen LogP contribution in [0.15, 0.2) is 36.7 Å². The number of amides is 1. The molecule has 2 heterocycles. The highest BCUT2D eigenvalue weighted by atomic mass is 35.5. The number of methoxy groups -OCH3 is 2. The Morgan fingerprint density at radius 1 is 1.26 bits per heavy atom. The SMILES string of the molecule is COc1ccc(C(C)NC(=O)C2(n3cccn3)CCNCC2)cc1OC.Cl. The van der Waals surface area contributed by atoms with E-state index in [1.807, 2.05) is 37.4 Å². The van der Waals surface area contributed by atoms with Crippen molar-refractivity contribution >= 4 is 18.3 Å². The number of aromatic nitrogens is 2. The molecule has 1 unspecified atom stereocenters. The highest BCUT2D eigenvalue weighted by molar-refractivity contribution is 5.85. The van der Waals surface area contributed by atoms with Gasteiger partial charge in [0, 0.05) is 12.4 Å². The standard InChI is InChI=1S/C19H26N4O3.ClH/c1-14(15-5-6-16(25-2)17(13-15)26-3)22-18(24)19(7-10-20-11-8-19)23-12-4-9-21-23;/h4-6,9,12-14,20H,7-8,10-11H2,1-3H3,(H,22,24);1H. The van der Waals surface area contributed by atoms with Crippen molar-refractivity contribution in [2.24, 2.45) is 0 Å². The summed E-state index contributed by atoms with van der Waals surface area (Å²) in [6, 6.07) is 7.38. The normalized spacial score (nSPS) is 16.7. The largest absolute Gasteiger partial charge is 0.493 e. The molecule has 1 aromatic heterocycles. The first kappa shape index (κ1) is 21.1. The third kappa shape index (κ3) is 4.20. The van der Waals surface area contributed by atoms with Gasteiger partial charge in [0.05, 0.1) is 20.3 Å². The van der Waals surface area contributed by atoms with Crippen LogP contribution in [0.4, 0.5) is 0 Å². The zero-order valence-corrected chi connectivity index (χ0v) is 16.7. The number of hydrogen-bond donors (Lipinski definition) is 2. The van der Waals surface area contributed by atoms with Gasteiger partial charge in [0.15, 0.2) is 11.5 Å². The van der Waals surface area contributed by atoms with Crippen LogP contribution in [-0.4, -0.2) is 43.0 Å². The Labute approximate surface area is 165 Å². The minimum absolute atomic E-state index is 0. The van der Waals surface area contributed by atoms with Gasteiger partial charge in [-0.1, -0.05) is 6.07 Å². The number of halogens is 1. The molecule has 1 aliphatic heterocycles. The van der Waals surface area contributed by atoms with Crippen molar-refractivity contribution in [1.29, 1.82) is 0 Å². The molecule has 27 heavy (non-hydrogen) atoms. The predicted octanol–water partition coefficient (Wildman–Crippen LogP) is 2.28. The van der Waals surface area contributed by atoms with Gasteiger partial charge in [0.1, 0.15) is 5.54 Å². The van der Waals surface area contributed by atoms with Crippen molar-refractivity contribution < 1.29 is 14.3 Å². The summed E-state index contributed by atoms with van der Waals surface area (Å²) in [4.78, 5) is 13.2. The van der Waals surface area contributed by atoms with Crippen LogP contribution < -0.4 is 20.1 Å². The Morgan fingerprint density at radius 3 is 2.56 bits per heavy atom. The molecule has 2 N–H and O–H groups in total. The molecule has 0 radical (unpaired) electrons. The Morgan fingerprint density at radius 2 is 1.96 bits per heavy atom. The van der Waals surface area contributed by atoms with Gasteiger partial charge in [-0.25, -0.2) is 0 Å². The molecule has 1 atom stereocenters. The quantitative estimate of drug-likeness (QED) is 0.786. The Balaban J connectivity index is 0.00000261. The maximum Gasteiger partial charge on any atom is 0.248 e. The van der Waals surface area contributed by atoms with Gasteiger partial charge in [0.25, 0.3) is 0 Å². The molecular formula is C19H27ClN4O3. The second-order valence-electron chi connectivity index (χ2n) is 6.54. The molecule has 1 fully saturated rings. The molecule has 148 valence electrons. The highest BCUT2D eigenvalue weighted by Gasteiger charge is 2.42. The topological polar surface area (TPSA) is 77.4 Å². The molecule has 7 nitrogen and oxygen atoms in total. The summed E-state index contributed by atoms with van der Waals surface area (Å²) in [6.07, 6.45) is 5.00. The van der Waals surface area contributed by atoms with E-state index in [1.54, 1.807) is 25.1 Å². The Bertz CT molecular complexity index is 745. The lowest BCUT2D eigenvalue weighted by molar-refractivity contribution is -0.132. The van der Waals surface area contributed by atoms with E-state index >= 15 is 0 Å². The number of carbonyl (C=O) groups is 1. The average Bonchev–Trinajstić information content (AvgIpc) is 3.23. The van der Waals surface area contributed by atoms with E-state index < -0.39 is 5.54 Å². The average molecular weight is 395 g/mol. The fourth-order valence-corrected chi connectivity index (χ4v) is 3.46. The molecule has 0 saturated carbocycles. The first-order chi connectivity index (χ1) is 12.6. The second kappa shape index (κ2) is 9.10. The number of nitrogens with zero attached hydrogens (tertiary/aromatic N) is 2. The Kier molecular flexibility index (Phi) is 7.10. The van der Waals surface area contributed by atoms with E-state index in [4.69, 9.17) is 9.47 Å². The van der Waals surface area contributed by atoms with Gasteiger partial charge >= 0.3 is 0 Å². The van der Waals surface area contributed by atoms with E-state index in [1.165, 1.54) is 0 Å². The molecule has 0 bridgehead atoms. The lowest BCUT2D eigenvalue weighted by Crippen LogP contribution is -2.55. The van der Waals surface area contributed by atoms with Gasteiger partial charge in [0.2, 0.25) is 5.91 Å². The summed E-state index contributed by atoms with van der Waals surface area (Å²) in [5, 5.41) is 10.8. The second-order valence-corrected chi connectivity index (χ2v) is 6.54. The Hall–Kier alpha value is -2.25. The summed E-state index contributed by atoms with van der Waals surface area (Å²) < 4.78 is 12.4. The highest BCUT2D eigenvalue weighted by Crippen LogP contribution is 2.31. The minimum atomic E-state index is -0.653. The number of hydrogen-bond acceptors (Lipinski definition) is 5. The van der Waals surface area contributed by atoms with E-state index in [9.17, 15) is 4.79 Å².